The van der Waals surface area contributed by atoms with Crippen molar-refractivity contribution in [1.29, 1.82) is 0 Å². The van der Waals surface area contributed by atoms with Gasteiger partial charge in [0, 0.05) is 32.0 Å². The summed E-state index contributed by atoms with van der Waals surface area (Å²) < 4.78 is 40.2. The average molecular weight is 701 g/mol. The lowest BCUT2D eigenvalue weighted by Crippen LogP contribution is -2.57. The first kappa shape index (κ1) is 35.1. The summed E-state index contributed by atoms with van der Waals surface area (Å²) in [6.07, 6.45) is 6.93. The van der Waals surface area contributed by atoms with E-state index in [9.17, 15) is 4.79 Å². The van der Waals surface area contributed by atoms with Crippen LogP contribution in [0.25, 0.3) is 32.9 Å². The van der Waals surface area contributed by atoms with Gasteiger partial charge in [-0.05, 0) is 107 Å². The van der Waals surface area contributed by atoms with Crippen molar-refractivity contribution in [2.24, 2.45) is 5.92 Å². The highest BCUT2D eigenvalue weighted by atomic mass is 19.1. The molecule has 0 saturated carbocycles. The van der Waals surface area contributed by atoms with Crippen LogP contribution < -0.4 is 19.7 Å². The first-order chi connectivity index (χ1) is 24.6. The number of hydrogen-bond acceptors (Lipinski definition) is 10. The molecule has 12 heteroatoms. The Morgan fingerprint density at radius 2 is 1.80 bits per heavy atom. The fraction of sp³-hybridized carbons (Fsp3) is 0.538. The molecular formula is C39H49FN6O5. The van der Waals surface area contributed by atoms with Crippen molar-refractivity contribution in [3.63, 3.8) is 0 Å². The predicted molar refractivity (Wildman–Crippen MR) is 195 cm³/mol. The average Bonchev–Trinajstić information content (AvgIpc) is 3.39. The van der Waals surface area contributed by atoms with Crippen LogP contribution in [-0.4, -0.2) is 90.3 Å². The summed E-state index contributed by atoms with van der Waals surface area (Å²) in [7, 11) is 1.56. The summed E-state index contributed by atoms with van der Waals surface area (Å²) in [5, 5.41) is 5.74. The maximum atomic E-state index is 17.2. The molecule has 2 unspecified atom stereocenters. The quantitative estimate of drug-likeness (QED) is 0.176. The molecule has 4 aromatic rings. The molecule has 2 aromatic heterocycles. The van der Waals surface area contributed by atoms with Gasteiger partial charge in [0.2, 0.25) is 0 Å². The Bertz CT molecular complexity index is 1880. The molecule has 1 amide bonds. The second kappa shape index (κ2) is 14.7. The van der Waals surface area contributed by atoms with Gasteiger partial charge in [0.25, 0.3) is 0 Å². The molecule has 2 atom stereocenters. The van der Waals surface area contributed by atoms with Crippen LogP contribution in [-0.2, 0) is 15.9 Å². The summed E-state index contributed by atoms with van der Waals surface area (Å²) >= 11 is 0. The van der Waals surface area contributed by atoms with E-state index in [1.165, 1.54) is 0 Å². The number of aryl methyl sites for hydroxylation is 1. The Balaban J connectivity index is 1.29. The molecule has 3 aliphatic rings. The van der Waals surface area contributed by atoms with Crippen molar-refractivity contribution < 1.29 is 28.1 Å². The van der Waals surface area contributed by atoms with Crippen molar-refractivity contribution in [3.05, 3.63) is 47.9 Å². The lowest BCUT2D eigenvalue weighted by molar-refractivity contribution is 0.0122. The zero-order valence-corrected chi connectivity index (χ0v) is 30.3. The van der Waals surface area contributed by atoms with E-state index in [2.05, 4.69) is 23.2 Å². The summed E-state index contributed by atoms with van der Waals surface area (Å²) in [6, 6.07) is 9.84. The van der Waals surface area contributed by atoms with Gasteiger partial charge in [-0.1, -0.05) is 25.1 Å². The fourth-order valence-electron chi connectivity index (χ4n) is 7.86. The number of ether oxygens (including phenoxy) is 4. The Labute approximate surface area is 298 Å². The predicted octanol–water partition coefficient (Wildman–Crippen LogP) is 6.89. The highest BCUT2D eigenvalue weighted by molar-refractivity contribution is 6.01. The number of piperazine rings is 1. The second-order valence-corrected chi connectivity index (χ2v) is 14.9. The van der Waals surface area contributed by atoms with Crippen LogP contribution in [0.2, 0.25) is 0 Å². The van der Waals surface area contributed by atoms with Crippen LogP contribution in [0.1, 0.15) is 65.4 Å². The number of fused-ring (bicyclic) bond motifs is 4. The summed E-state index contributed by atoms with van der Waals surface area (Å²) in [4.78, 5) is 31.6. The molecule has 11 nitrogen and oxygen atoms in total. The topological polar surface area (TPSA) is 111 Å². The molecule has 1 N–H and O–H groups in total. The van der Waals surface area contributed by atoms with Crippen LogP contribution in [0.5, 0.6) is 11.8 Å². The highest BCUT2D eigenvalue weighted by Crippen LogP contribution is 2.40. The van der Waals surface area contributed by atoms with E-state index in [1.807, 2.05) is 49.9 Å². The smallest absolute Gasteiger partial charge is 0.410 e. The number of rotatable bonds is 10. The van der Waals surface area contributed by atoms with Crippen molar-refractivity contribution in [1.82, 2.24) is 25.2 Å². The van der Waals surface area contributed by atoms with Gasteiger partial charge in [-0.25, -0.2) is 9.18 Å². The van der Waals surface area contributed by atoms with Gasteiger partial charge in [0.1, 0.15) is 28.4 Å². The molecule has 3 saturated heterocycles. The molecule has 272 valence electrons. The molecule has 0 aliphatic carbocycles. The van der Waals surface area contributed by atoms with E-state index >= 15 is 4.39 Å². The first-order valence-electron chi connectivity index (χ1n) is 18.3. The minimum absolute atomic E-state index is 0.0568. The molecule has 3 fully saturated rings. The van der Waals surface area contributed by atoms with Crippen molar-refractivity contribution in [2.45, 2.75) is 83.9 Å². The first-order valence-corrected chi connectivity index (χ1v) is 18.3. The van der Waals surface area contributed by atoms with Crippen LogP contribution >= 0.6 is 0 Å². The summed E-state index contributed by atoms with van der Waals surface area (Å²) in [5.74, 6) is 1.12. The molecule has 2 aromatic carbocycles. The van der Waals surface area contributed by atoms with Crippen molar-refractivity contribution in [3.8, 4) is 23.0 Å². The van der Waals surface area contributed by atoms with Gasteiger partial charge in [-0.15, -0.1) is 0 Å². The number of carbonyl (C=O) groups is 1. The van der Waals surface area contributed by atoms with Crippen LogP contribution in [0.4, 0.5) is 15.0 Å². The number of amides is 1. The third-order valence-electron chi connectivity index (χ3n) is 10.3. The molecule has 3 aliphatic heterocycles. The number of halogens is 1. The van der Waals surface area contributed by atoms with Gasteiger partial charge >= 0.3 is 12.1 Å². The maximum absolute atomic E-state index is 17.2. The summed E-state index contributed by atoms with van der Waals surface area (Å²) in [6.45, 7) is 11.3. The minimum atomic E-state index is -0.587. The Kier molecular flexibility index (Phi) is 10.2. The third kappa shape index (κ3) is 7.39. The lowest BCUT2D eigenvalue weighted by Gasteiger charge is -2.42. The normalized spacial score (nSPS) is 19.6. The molecular weight excluding hydrogens is 651 g/mol. The number of pyridine rings is 1. The van der Waals surface area contributed by atoms with Gasteiger partial charge in [-0.3, -0.25) is 9.88 Å². The monoisotopic (exact) mass is 700 g/mol. The number of carbonyl (C=O) groups excluding carboxylic acids is 1. The lowest BCUT2D eigenvalue weighted by atomic mass is 9.95. The molecule has 2 bridgehead atoms. The molecule has 7 rings (SSSR count). The number of hydrogen-bond donors (Lipinski definition) is 1. The van der Waals surface area contributed by atoms with Crippen LogP contribution in [0.3, 0.4) is 0 Å². The van der Waals surface area contributed by atoms with Crippen molar-refractivity contribution >= 4 is 33.6 Å². The highest BCUT2D eigenvalue weighted by Gasteiger charge is 2.45. The van der Waals surface area contributed by atoms with E-state index in [4.69, 9.17) is 33.9 Å². The largest absolute Gasteiger partial charge is 0.468 e. The van der Waals surface area contributed by atoms with Gasteiger partial charge < -0.3 is 29.2 Å². The second-order valence-electron chi connectivity index (χ2n) is 14.9. The zero-order chi connectivity index (χ0) is 35.7. The number of nitrogens with zero attached hydrogens (tertiary/aromatic N) is 5. The van der Waals surface area contributed by atoms with E-state index < -0.39 is 11.4 Å². The Hall–Kier alpha value is -4.29. The fourth-order valence-corrected chi connectivity index (χ4v) is 7.86. The van der Waals surface area contributed by atoms with E-state index in [0.717, 1.165) is 68.0 Å². The number of piperidine rings is 1. The van der Waals surface area contributed by atoms with E-state index in [-0.39, 0.29) is 42.2 Å². The van der Waals surface area contributed by atoms with Gasteiger partial charge in [0.15, 0.2) is 12.6 Å². The third-order valence-corrected chi connectivity index (χ3v) is 10.3. The molecule has 0 radical (unpaired) electrons. The van der Waals surface area contributed by atoms with Gasteiger partial charge in [0.05, 0.1) is 24.1 Å². The standard InChI is InChI=1S/C39H49FN6O5/c1-6-25-8-7-9-26-18-29(50-23-48-5)19-30(32(25)26)34-33(40)35-31(20-42-34)36(44-37(43-35)49-17-14-24-12-15-41-16-13-24)45-21-27-10-11-28(22-45)46(27)38(47)51-39(2,3)4/h7-9,18-20,24,27-28,41H,6,10-17,21-23H2,1-5H3. The Morgan fingerprint density at radius 1 is 1.04 bits per heavy atom. The van der Waals surface area contributed by atoms with Crippen molar-refractivity contribution in [2.75, 3.05) is 51.6 Å². The molecule has 5 heterocycles. The SMILES string of the molecule is CCc1cccc2cc(OCOC)cc(-c3ncc4c(N5CC6CCC(C5)N6C(=O)OC(C)(C)C)nc(OCCC5CCNCC5)nc4c3F)c12. The number of methoxy groups -OCH3 is 1. The Morgan fingerprint density at radius 3 is 2.51 bits per heavy atom. The van der Waals surface area contributed by atoms with E-state index in [1.54, 1.807) is 13.3 Å². The van der Waals surface area contributed by atoms with Crippen LogP contribution in [0.15, 0.2) is 36.5 Å². The number of anilines is 1. The van der Waals surface area contributed by atoms with Gasteiger partial charge in [-0.2, -0.15) is 9.97 Å². The molecule has 0 spiro atoms. The number of benzene rings is 2. The van der Waals surface area contributed by atoms with E-state index in [0.29, 0.717) is 48.1 Å². The number of aromatic nitrogens is 3. The molecule has 51 heavy (non-hydrogen) atoms. The zero-order valence-electron chi connectivity index (χ0n) is 30.3. The minimum Gasteiger partial charge on any atom is -0.468 e. The van der Waals surface area contributed by atoms with Crippen LogP contribution in [0, 0.1) is 11.7 Å². The summed E-state index contributed by atoms with van der Waals surface area (Å²) in [5.41, 5.74) is 1.43. The maximum Gasteiger partial charge on any atom is 0.410 e. The number of nitrogens with one attached hydrogen (secondary N) is 1.